The van der Waals surface area contributed by atoms with Gasteiger partial charge in [0.1, 0.15) is 17.5 Å². The Morgan fingerprint density at radius 1 is 0.829 bits per heavy atom. The molecule has 0 aromatic heterocycles. The fraction of sp³-hybridized carbons (Fsp3) is 0.185. The molecule has 0 N–H and O–H groups in total. The number of hydrogen-bond acceptors (Lipinski definition) is 7. The maximum absolute atomic E-state index is 13.2. The summed E-state index contributed by atoms with van der Waals surface area (Å²) in [6.45, 7) is -0.587. The Labute approximate surface area is 202 Å². The highest BCUT2D eigenvalue weighted by Gasteiger charge is 2.43. The van der Waals surface area contributed by atoms with Crippen LogP contribution in [0.5, 0.6) is 11.5 Å². The van der Waals surface area contributed by atoms with Crippen molar-refractivity contribution >= 4 is 23.6 Å². The van der Waals surface area contributed by atoms with E-state index in [0.29, 0.717) is 5.75 Å². The fourth-order valence-electron chi connectivity index (χ4n) is 3.95. The Bertz CT molecular complexity index is 1250. The summed E-state index contributed by atoms with van der Waals surface area (Å²) in [7, 11) is 2.90. The van der Waals surface area contributed by atoms with Crippen molar-refractivity contribution < 1.29 is 33.4 Å². The zero-order valence-electron chi connectivity index (χ0n) is 19.2. The molecule has 3 aromatic carbocycles. The van der Waals surface area contributed by atoms with Gasteiger partial charge in [-0.15, -0.1) is 0 Å². The molecule has 0 bridgehead atoms. The maximum Gasteiger partial charge on any atom is 0.330 e. The number of hydrogen-bond donors (Lipinski definition) is 0. The van der Waals surface area contributed by atoms with Crippen LogP contribution in [0, 0.1) is 0 Å². The summed E-state index contributed by atoms with van der Waals surface area (Å²) in [4.78, 5) is 53.0. The minimum Gasteiger partial charge on any atom is -0.497 e. The largest absolute Gasteiger partial charge is 0.497 e. The summed E-state index contributed by atoms with van der Waals surface area (Å²) >= 11 is 0. The molecule has 2 amide bonds. The smallest absolute Gasteiger partial charge is 0.330 e. The molecule has 178 valence electrons. The highest BCUT2D eigenvalue weighted by atomic mass is 16.5. The van der Waals surface area contributed by atoms with E-state index in [1.807, 2.05) is 6.07 Å². The van der Waals surface area contributed by atoms with Gasteiger partial charge in [0, 0.05) is 12.5 Å². The van der Waals surface area contributed by atoms with Crippen molar-refractivity contribution in [1.29, 1.82) is 0 Å². The second-order valence-corrected chi connectivity index (χ2v) is 7.83. The van der Waals surface area contributed by atoms with Crippen LogP contribution in [-0.4, -0.2) is 55.3 Å². The summed E-state index contributed by atoms with van der Waals surface area (Å²) in [5, 5.41) is 0. The van der Waals surface area contributed by atoms with E-state index in [2.05, 4.69) is 0 Å². The van der Waals surface area contributed by atoms with Gasteiger partial charge in [-0.2, -0.15) is 0 Å². The lowest BCUT2D eigenvalue weighted by atomic mass is 10.0. The van der Waals surface area contributed by atoms with E-state index in [-0.39, 0.29) is 28.9 Å². The third kappa shape index (κ3) is 4.77. The van der Waals surface area contributed by atoms with Crippen molar-refractivity contribution in [1.82, 2.24) is 4.90 Å². The molecular weight excluding hydrogens is 450 g/mol. The average Bonchev–Trinajstić information content (AvgIpc) is 3.15. The van der Waals surface area contributed by atoms with Gasteiger partial charge >= 0.3 is 5.97 Å². The van der Waals surface area contributed by atoms with Gasteiger partial charge in [0.25, 0.3) is 11.8 Å². The number of fused-ring (bicyclic) bond motifs is 1. The van der Waals surface area contributed by atoms with E-state index in [1.165, 1.54) is 20.3 Å². The van der Waals surface area contributed by atoms with Gasteiger partial charge in [-0.05, 0) is 29.8 Å². The third-order valence-corrected chi connectivity index (χ3v) is 5.74. The average molecular weight is 473 g/mol. The van der Waals surface area contributed by atoms with Gasteiger partial charge in [-0.3, -0.25) is 19.3 Å². The normalized spacial score (nSPS) is 13.3. The molecule has 0 saturated heterocycles. The molecule has 0 radical (unpaired) electrons. The molecule has 1 aliphatic heterocycles. The molecule has 0 aliphatic carbocycles. The fourth-order valence-corrected chi connectivity index (χ4v) is 3.95. The molecule has 8 heteroatoms. The molecule has 3 aromatic rings. The third-order valence-electron chi connectivity index (χ3n) is 5.74. The number of carbonyl (C=O) groups is 4. The number of imide groups is 1. The number of ether oxygens (including phenoxy) is 3. The first-order chi connectivity index (χ1) is 16.9. The molecule has 0 saturated carbocycles. The minimum absolute atomic E-state index is 0.0468. The van der Waals surface area contributed by atoms with Gasteiger partial charge < -0.3 is 14.2 Å². The second kappa shape index (κ2) is 10.2. The monoisotopic (exact) mass is 473 g/mol. The molecule has 35 heavy (non-hydrogen) atoms. The zero-order valence-corrected chi connectivity index (χ0v) is 19.2. The molecule has 1 aliphatic rings. The number of ketones is 1. The first kappa shape index (κ1) is 23.7. The van der Waals surface area contributed by atoms with Gasteiger partial charge in [-0.25, -0.2) is 4.79 Å². The van der Waals surface area contributed by atoms with E-state index in [0.717, 1.165) is 10.5 Å². The lowest BCUT2D eigenvalue weighted by Gasteiger charge is -2.24. The standard InChI is InChI=1S/C27H23NO7/c1-33-18-12-13-21(24(15-18)34-2)23(29)16-35-27(32)22(14-17-8-4-3-5-9-17)28-25(30)19-10-6-7-11-20(19)26(28)31/h3-13,15,22H,14,16H2,1-2H3/t22-/m1/s1. The van der Waals surface area contributed by atoms with Crippen LogP contribution in [0.1, 0.15) is 36.6 Å². The van der Waals surface area contributed by atoms with Gasteiger partial charge in [0.05, 0.1) is 30.9 Å². The maximum atomic E-state index is 13.2. The van der Waals surface area contributed by atoms with Crippen LogP contribution in [0.4, 0.5) is 0 Å². The Hall–Kier alpha value is -4.46. The predicted octanol–water partition coefficient (Wildman–Crippen LogP) is 3.34. The highest BCUT2D eigenvalue weighted by Crippen LogP contribution is 2.27. The van der Waals surface area contributed by atoms with E-state index in [9.17, 15) is 19.2 Å². The van der Waals surface area contributed by atoms with Crippen LogP contribution in [0.2, 0.25) is 0 Å². The van der Waals surface area contributed by atoms with Crippen molar-refractivity contribution in [3.8, 4) is 11.5 Å². The molecule has 0 spiro atoms. The lowest BCUT2D eigenvalue weighted by Crippen LogP contribution is -2.47. The van der Waals surface area contributed by atoms with Crippen LogP contribution < -0.4 is 9.47 Å². The summed E-state index contributed by atoms with van der Waals surface area (Å²) < 4.78 is 15.7. The van der Waals surface area contributed by atoms with E-state index < -0.39 is 36.2 Å². The Morgan fingerprint density at radius 3 is 2.06 bits per heavy atom. The van der Waals surface area contributed by atoms with Crippen molar-refractivity contribution in [3.63, 3.8) is 0 Å². The quantitative estimate of drug-likeness (QED) is 0.267. The molecule has 0 unspecified atom stereocenters. The van der Waals surface area contributed by atoms with Crippen LogP contribution in [0.25, 0.3) is 0 Å². The summed E-state index contributed by atoms with van der Waals surface area (Å²) in [5.74, 6) is -1.74. The number of esters is 1. The topological polar surface area (TPSA) is 99.2 Å². The SMILES string of the molecule is COc1ccc(C(=O)COC(=O)[C@@H](Cc2ccccc2)N2C(=O)c3ccccc3C2=O)c(OC)c1. The second-order valence-electron chi connectivity index (χ2n) is 7.83. The van der Waals surface area contributed by atoms with E-state index in [4.69, 9.17) is 14.2 Å². The highest BCUT2D eigenvalue weighted by molar-refractivity contribution is 6.22. The number of benzene rings is 3. The van der Waals surface area contributed by atoms with E-state index >= 15 is 0 Å². The Morgan fingerprint density at radius 2 is 1.46 bits per heavy atom. The number of carbonyl (C=O) groups excluding carboxylic acids is 4. The van der Waals surface area contributed by atoms with Crippen LogP contribution >= 0.6 is 0 Å². The van der Waals surface area contributed by atoms with Crippen molar-refractivity contribution in [2.45, 2.75) is 12.5 Å². The number of amides is 2. The molecular formula is C27H23NO7. The van der Waals surface area contributed by atoms with Gasteiger partial charge in [-0.1, -0.05) is 42.5 Å². The van der Waals surface area contributed by atoms with Crippen LogP contribution in [0.15, 0.2) is 72.8 Å². The van der Waals surface area contributed by atoms with Gasteiger partial charge in [0.2, 0.25) is 5.78 Å². The zero-order chi connectivity index (χ0) is 24.9. The number of Topliss-reactive ketones (excluding diaryl/α,β-unsaturated/α-hetero) is 1. The van der Waals surface area contributed by atoms with Crippen molar-refractivity contribution in [2.24, 2.45) is 0 Å². The lowest BCUT2D eigenvalue weighted by molar-refractivity contribution is -0.147. The predicted molar refractivity (Wildman–Crippen MR) is 126 cm³/mol. The van der Waals surface area contributed by atoms with E-state index in [1.54, 1.807) is 60.7 Å². The van der Waals surface area contributed by atoms with Gasteiger partial charge in [0.15, 0.2) is 6.61 Å². The summed E-state index contributed by atoms with van der Waals surface area (Å²) in [5.41, 5.74) is 1.39. The molecule has 1 atom stereocenters. The Balaban J connectivity index is 1.56. The molecule has 4 rings (SSSR count). The molecule has 8 nitrogen and oxygen atoms in total. The number of nitrogens with zero attached hydrogens (tertiary/aromatic N) is 1. The molecule has 0 fully saturated rings. The number of methoxy groups -OCH3 is 2. The van der Waals surface area contributed by atoms with Crippen molar-refractivity contribution in [2.75, 3.05) is 20.8 Å². The van der Waals surface area contributed by atoms with Crippen molar-refractivity contribution in [3.05, 3.63) is 95.1 Å². The van der Waals surface area contributed by atoms with Crippen LogP contribution in [-0.2, 0) is 16.0 Å². The first-order valence-corrected chi connectivity index (χ1v) is 10.9. The van der Waals surface area contributed by atoms with Crippen LogP contribution in [0.3, 0.4) is 0 Å². The first-order valence-electron chi connectivity index (χ1n) is 10.9. The summed E-state index contributed by atoms with van der Waals surface area (Å²) in [6, 6.07) is 18.8. The Kier molecular flexibility index (Phi) is 6.91. The summed E-state index contributed by atoms with van der Waals surface area (Å²) in [6.07, 6.45) is 0.0468. The number of rotatable bonds is 9. The molecule has 1 heterocycles. The minimum atomic E-state index is -1.24.